The molecule has 1 fully saturated rings. The predicted octanol–water partition coefficient (Wildman–Crippen LogP) is 6.47. The quantitative estimate of drug-likeness (QED) is 0.0999. The molecule has 2 aliphatic carbocycles. The number of nitrogens with one attached hydrogen (secondary N) is 2. The lowest BCUT2D eigenvalue weighted by Gasteiger charge is -2.43. The van der Waals surface area contributed by atoms with E-state index in [4.69, 9.17) is 9.97 Å². The van der Waals surface area contributed by atoms with E-state index < -0.39 is 70.4 Å². The minimum Gasteiger partial charge on any atom is -0.386 e. The highest BCUT2D eigenvalue weighted by molar-refractivity contribution is 7.22. The van der Waals surface area contributed by atoms with Crippen molar-refractivity contribution in [2.45, 2.75) is 62.3 Å². The van der Waals surface area contributed by atoms with Crippen molar-refractivity contribution in [1.29, 1.82) is 0 Å². The number of hydrogen-bond donors (Lipinski definition) is 4. The highest BCUT2D eigenvalue weighted by Crippen LogP contribution is 2.60. The SMILES string of the molecule is CC1(O)CN(c2nc3nc([C@H](Cc4cc(F)cc(F)c4)NCCn4nc(C(F)(F)F)c5c4C(F)(F)[C@@H]4C=C[C@H]54)c(-c4cccc5c4CNC5O)cc3s2)C1. The third kappa shape index (κ3) is 5.79. The molecule has 282 valence electrons. The summed E-state index contributed by atoms with van der Waals surface area (Å²) in [5.41, 5.74) is 0.231. The molecule has 4 aliphatic rings. The Morgan fingerprint density at radius 3 is 2.50 bits per heavy atom. The Balaban J connectivity index is 1.13. The van der Waals surface area contributed by atoms with Gasteiger partial charge in [-0.05, 0) is 48.2 Å². The zero-order valence-corrected chi connectivity index (χ0v) is 29.2. The van der Waals surface area contributed by atoms with Gasteiger partial charge in [0.2, 0.25) is 0 Å². The molecule has 0 bridgehead atoms. The molecule has 2 aliphatic heterocycles. The third-order valence-corrected chi connectivity index (χ3v) is 11.7. The van der Waals surface area contributed by atoms with Gasteiger partial charge >= 0.3 is 6.18 Å². The zero-order chi connectivity index (χ0) is 37.9. The van der Waals surface area contributed by atoms with Gasteiger partial charge in [-0.3, -0.25) is 10.00 Å². The second-order valence-corrected chi connectivity index (χ2v) is 15.6. The standard InChI is InChI=1S/C37H32F7N7O2S/c1-35(53)15-50(16-35)34-48-32-27(54-34)13-23(20-3-2-4-21-24(20)14-46-33(21)52)29(47-32)26(11-17-9-18(38)12-19(39)10-17)45-7-8-51-31-28(30(49-51)37(42,43)44)22-5-6-25(22)36(31,40)41/h2-6,9-10,12-13,22,25-26,33,45-46,52-53H,7-8,11,14-16H2,1H3/t22-,25+,26-,33?/m0/s1. The fourth-order valence-electron chi connectivity index (χ4n) is 8.22. The van der Waals surface area contributed by atoms with Crippen LogP contribution in [0.25, 0.3) is 21.5 Å². The molecule has 5 aromatic rings. The highest BCUT2D eigenvalue weighted by atomic mass is 32.1. The number of allylic oxidation sites excluding steroid dienone is 2. The third-order valence-electron chi connectivity index (χ3n) is 10.6. The molecule has 0 radical (unpaired) electrons. The van der Waals surface area contributed by atoms with Crippen LogP contribution < -0.4 is 15.5 Å². The monoisotopic (exact) mass is 771 g/mol. The normalized spacial score (nSPS) is 22.6. The van der Waals surface area contributed by atoms with Crippen LogP contribution in [0.4, 0.5) is 35.9 Å². The van der Waals surface area contributed by atoms with Crippen molar-refractivity contribution in [1.82, 2.24) is 30.4 Å². The Labute approximate surface area is 307 Å². The molecule has 2 aromatic carbocycles. The average molecular weight is 772 g/mol. The van der Waals surface area contributed by atoms with Crippen molar-refractivity contribution >= 4 is 26.8 Å². The Hall–Kier alpha value is -4.42. The average Bonchev–Trinajstić information content (AvgIpc) is 3.79. The van der Waals surface area contributed by atoms with Crippen molar-refractivity contribution in [3.63, 3.8) is 0 Å². The molecule has 17 heteroatoms. The maximum Gasteiger partial charge on any atom is 0.435 e. The molecule has 0 saturated carbocycles. The minimum absolute atomic E-state index is 0.0582. The second-order valence-electron chi connectivity index (χ2n) is 14.6. The first-order valence-corrected chi connectivity index (χ1v) is 18.1. The lowest BCUT2D eigenvalue weighted by Crippen LogP contribution is -2.60. The van der Waals surface area contributed by atoms with E-state index in [2.05, 4.69) is 15.7 Å². The van der Waals surface area contributed by atoms with Gasteiger partial charge in [-0.2, -0.15) is 32.0 Å². The van der Waals surface area contributed by atoms with Crippen LogP contribution in [0, 0.1) is 17.6 Å². The van der Waals surface area contributed by atoms with Crippen molar-refractivity contribution in [3.8, 4) is 11.1 Å². The van der Waals surface area contributed by atoms with Crippen LogP contribution in [-0.4, -0.2) is 55.2 Å². The first-order valence-electron chi connectivity index (χ1n) is 17.3. The summed E-state index contributed by atoms with van der Waals surface area (Å²) in [5, 5.41) is 31.5. The van der Waals surface area contributed by atoms with Crippen LogP contribution in [0.15, 0.2) is 54.6 Å². The summed E-state index contributed by atoms with van der Waals surface area (Å²) in [5.74, 6) is -7.68. The maximum absolute atomic E-state index is 15.5. The number of alkyl halides is 5. The number of benzene rings is 2. The van der Waals surface area contributed by atoms with Crippen LogP contribution in [0.5, 0.6) is 0 Å². The molecule has 9 nitrogen and oxygen atoms in total. The summed E-state index contributed by atoms with van der Waals surface area (Å²) in [7, 11) is 0. The number of fused-ring (bicyclic) bond motifs is 5. The number of aromatic nitrogens is 4. The number of thiazole rings is 1. The molecule has 4 atom stereocenters. The van der Waals surface area contributed by atoms with Crippen molar-refractivity contribution in [2.75, 3.05) is 24.5 Å². The van der Waals surface area contributed by atoms with Gasteiger partial charge in [0.25, 0.3) is 5.92 Å². The fourth-order valence-corrected chi connectivity index (χ4v) is 9.16. The van der Waals surface area contributed by atoms with Crippen LogP contribution in [0.3, 0.4) is 0 Å². The van der Waals surface area contributed by atoms with E-state index in [-0.39, 0.29) is 25.1 Å². The second kappa shape index (κ2) is 12.3. The Morgan fingerprint density at radius 2 is 1.81 bits per heavy atom. The van der Waals surface area contributed by atoms with Crippen LogP contribution >= 0.6 is 11.3 Å². The molecule has 54 heavy (non-hydrogen) atoms. The lowest BCUT2D eigenvalue weighted by molar-refractivity contribution is -0.142. The summed E-state index contributed by atoms with van der Waals surface area (Å²) in [6, 6.07) is 9.48. The fraction of sp³-hybridized carbons (Fsp3) is 0.378. The molecule has 0 spiro atoms. The van der Waals surface area contributed by atoms with Gasteiger partial charge in [0.05, 0.1) is 47.6 Å². The van der Waals surface area contributed by atoms with Crippen LogP contribution in [-0.2, 0) is 31.6 Å². The van der Waals surface area contributed by atoms with Crippen molar-refractivity contribution < 1.29 is 40.9 Å². The number of halogens is 7. The van der Waals surface area contributed by atoms with Gasteiger partial charge in [-0.25, -0.2) is 13.8 Å². The summed E-state index contributed by atoms with van der Waals surface area (Å²) >= 11 is 1.37. The number of anilines is 1. The maximum atomic E-state index is 15.5. The number of aliphatic hydroxyl groups excluding tert-OH is 1. The zero-order valence-electron chi connectivity index (χ0n) is 28.4. The Morgan fingerprint density at radius 1 is 1.06 bits per heavy atom. The van der Waals surface area contributed by atoms with Crippen LogP contribution in [0.1, 0.15) is 64.4 Å². The topological polar surface area (TPSA) is 111 Å². The van der Waals surface area contributed by atoms with Crippen molar-refractivity contribution in [2.24, 2.45) is 5.92 Å². The first-order chi connectivity index (χ1) is 25.6. The number of rotatable bonds is 9. The van der Waals surface area contributed by atoms with E-state index in [1.54, 1.807) is 19.1 Å². The lowest BCUT2D eigenvalue weighted by atomic mass is 9.81. The van der Waals surface area contributed by atoms with E-state index in [9.17, 15) is 32.2 Å². The smallest absolute Gasteiger partial charge is 0.386 e. The summed E-state index contributed by atoms with van der Waals surface area (Å²) < 4.78 is 104. The minimum atomic E-state index is -4.95. The molecule has 9 rings (SSSR count). The van der Waals surface area contributed by atoms with Gasteiger partial charge in [0.15, 0.2) is 16.5 Å². The van der Waals surface area contributed by atoms with Gasteiger partial charge < -0.3 is 20.4 Å². The molecular formula is C37H32F7N7O2S. The van der Waals surface area contributed by atoms with E-state index in [0.29, 0.717) is 62.2 Å². The van der Waals surface area contributed by atoms with Gasteiger partial charge in [-0.1, -0.05) is 41.7 Å². The molecule has 3 aromatic heterocycles. The first kappa shape index (κ1) is 35.3. The Kier molecular flexibility index (Phi) is 8.04. The molecule has 4 N–H and O–H groups in total. The summed E-state index contributed by atoms with van der Waals surface area (Å²) in [4.78, 5) is 11.6. The molecular weight excluding hydrogens is 740 g/mol. The number of aliphatic hydroxyl groups is 2. The molecule has 5 heterocycles. The highest BCUT2D eigenvalue weighted by Gasteiger charge is 2.61. The molecule has 1 saturated heterocycles. The van der Waals surface area contributed by atoms with E-state index in [0.717, 1.165) is 23.8 Å². The largest absolute Gasteiger partial charge is 0.435 e. The van der Waals surface area contributed by atoms with E-state index in [1.807, 2.05) is 17.0 Å². The van der Waals surface area contributed by atoms with Gasteiger partial charge in [0.1, 0.15) is 23.6 Å². The van der Waals surface area contributed by atoms with Gasteiger partial charge in [-0.15, -0.1) is 0 Å². The number of hydrogen-bond acceptors (Lipinski definition) is 9. The van der Waals surface area contributed by atoms with Crippen molar-refractivity contribution in [3.05, 3.63) is 106 Å². The van der Waals surface area contributed by atoms with Crippen LogP contribution in [0.2, 0.25) is 0 Å². The number of pyridine rings is 1. The number of nitrogens with zero attached hydrogens (tertiary/aromatic N) is 5. The number of β-amino-alcohol motifs (C(OH)–C–C–N with tert-alkyl or cyclic N) is 1. The molecule has 1 unspecified atom stereocenters. The molecule has 0 amide bonds. The predicted molar refractivity (Wildman–Crippen MR) is 185 cm³/mol. The summed E-state index contributed by atoms with van der Waals surface area (Å²) in [6.07, 6.45) is -3.37. The van der Waals surface area contributed by atoms with E-state index >= 15 is 8.78 Å². The van der Waals surface area contributed by atoms with E-state index in [1.165, 1.54) is 23.5 Å². The summed E-state index contributed by atoms with van der Waals surface area (Å²) in [6.45, 7) is 2.21. The van der Waals surface area contributed by atoms with Gasteiger partial charge in [0, 0.05) is 41.8 Å². The Bertz CT molecular complexity index is 2330.